The van der Waals surface area contributed by atoms with Gasteiger partial charge in [-0.05, 0) is 91.8 Å². The standard InChI is InChI=1S/C33H34BNO2/c1-31(2)29-15-11-10-14-27(29)28-22-26(20-21-30(28)31)35(24-12-8-7-9-13-24)25-18-16-23(17-19-25)34-36-32(3,4)33(5,6)37-34/h7-22H,1-6H3. The molecule has 1 aliphatic carbocycles. The number of rotatable bonds is 4. The van der Waals surface area contributed by atoms with E-state index >= 15 is 0 Å². The van der Waals surface area contributed by atoms with Gasteiger partial charge in [-0.2, -0.15) is 0 Å². The smallest absolute Gasteiger partial charge is 0.399 e. The van der Waals surface area contributed by atoms with Gasteiger partial charge < -0.3 is 14.2 Å². The minimum atomic E-state index is -0.372. The van der Waals surface area contributed by atoms with E-state index in [9.17, 15) is 0 Å². The number of benzene rings is 4. The fraction of sp³-hybridized carbons (Fsp3) is 0.273. The fourth-order valence-electron chi connectivity index (χ4n) is 5.63. The van der Waals surface area contributed by atoms with Crippen molar-refractivity contribution in [1.29, 1.82) is 0 Å². The van der Waals surface area contributed by atoms with Crippen molar-refractivity contribution in [3.63, 3.8) is 0 Å². The van der Waals surface area contributed by atoms with Gasteiger partial charge in [0, 0.05) is 22.5 Å². The monoisotopic (exact) mass is 487 g/mol. The molecule has 0 aromatic heterocycles. The number of hydrogen-bond donors (Lipinski definition) is 0. The third-order valence-electron chi connectivity index (χ3n) is 8.52. The highest BCUT2D eigenvalue weighted by Gasteiger charge is 2.51. The Bertz CT molecular complexity index is 1440. The first-order chi connectivity index (χ1) is 17.6. The van der Waals surface area contributed by atoms with E-state index in [2.05, 4.69) is 144 Å². The zero-order valence-electron chi connectivity index (χ0n) is 22.6. The van der Waals surface area contributed by atoms with E-state index in [1.807, 2.05) is 0 Å². The lowest BCUT2D eigenvalue weighted by Crippen LogP contribution is -2.41. The maximum absolute atomic E-state index is 6.29. The van der Waals surface area contributed by atoms with Crippen LogP contribution in [-0.2, 0) is 14.7 Å². The van der Waals surface area contributed by atoms with Gasteiger partial charge in [0.1, 0.15) is 0 Å². The molecule has 6 rings (SSSR count). The van der Waals surface area contributed by atoms with Gasteiger partial charge in [-0.15, -0.1) is 0 Å². The molecular formula is C33H34BNO2. The summed E-state index contributed by atoms with van der Waals surface area (Å²) in [5, 5.41) is 0. The van der Waals surface area contributed by atoms with Crippen molar-refractivity contribution in [3.05, 3.63) is 108 Å². The Morgan fingerprint density at radius 1 is 0.541 bits per heavy atom. The van der Waals surface area contributed by atoms with Crippen LogP contribution in [-0.4, -0.2) is 18.3 Å². The molecule has 186 valence electrons. The molecule has 0 radical (unpaired) electrons. The normalized spacial score (nSPS) is 18.4. The van der Waals surface area contributed by atoms with Gasteiger partial charge >= 0.3 is 7.12 Å². The van der Waals surface area contributed by atoms with Gasteiger partial charge in [0.05, 0.1) is 11.2 Å². The molecule has 4 heteroatoms. The molecule has 0 saturated carbocycles. The van der Waals surface area contributed by atoms with Crippen LogP contribution >= 0.6 is 0 Å². The first-order valence-corrected chi connectivity index (χ1v) is 13.1. The lowest BCUT2D eigenvalue weighted by molar-refractivity contribution is 0.00578. The molecule has 0 amide bonds. The van der Waals surface area contributed by atoms with Crippen molar-refractivity contribution >= 4 is 29.6 Å². The maximum atomic E-state index is 6.29. The summed E-state index contributed by atoms with van der Waals surface area (Å²) in [4.78, 5) is 2.32. The van der Waals surface area contributed by atoms with Crippen LogP contribution in [0.2, 0.25) is 0 Å². The second-order valence-corrected chi connectivity index (χ2v) is 11.8. The number of nitrogens with zero attached hydrogens (tertiary/aromatic N) is 1. The topological polar surface area (TPSA) is 21.7 Å². The molecule has 37 heavy (non-hydrogen) atoms. The molecule has 0 atom stereocenters. The van der Waals surface area contributed by atoms with Crippen LogP contribution in [0.4, 0.5) is 17.1 Å². The zero-order chi connectivity index (χ0) is 26.0. The van der Waals surface area contributed by atoms with Crippen LogP contribution in [0.1, 0.15) is 52.7 Å². The summed E-state index contributed by atoms with van der Waals surface area (Å²) >= 11 is 0. The van der Waals surface area contributed by atoms with Gasteiger partial charge in [0.2, 0.25) is 0 Å². The third-order valence-corrected chi connectivity index (χ3v) is 8.52. The molecule has 1 fully saturated rings. The summed E-state index contributed by atoms with van der Waals surface area (Å²) in [6.45, 7) is 13.0. The Hall–Kier alpha value is -3.34. The number of hydrogen-bond acceptors (Lipinski definition) is 3. The summed E-state index contributed by atoms with van der Waals surface area (Å²) in [6.07, 6.45) is 0. The van der Waals surface area contributed by atoms with Crippen molar-refractivity contribution in [2.24, 2.45) is 0 Å². The van der Waals surface area contributed by atoms with E-state index in [-0.39, 0.29) is 23.7 Å². The second-order valence-electron chi connectivity index (χ2n) is 11.8. The lowest BCUT2D eigenvalue weighted by Gasteiger charge is -2.32. The molecule has 1 heterocycles. The van der Waals surface area contributed by atoms with Crippen molar-refractivity contribution in [1.82, 2.24) is 0 Å². The van der Waals surface area contributed by atoms with E-state index in [4.69, 9.17) is 9.31 Å². The SMILES string of the molecule is CC1(C)c2ccccc2-c2cc(N(c3ccccc3)c3ccc(B4OC(C)(C)C(C)(C)O4)cc3)ccc21. The van der Waals surface area contributed by atoms with Crippen molar-refractivity contribution in [2.45, 2.75) is 58.2 Å². The predicted molar refractivity (Wildman–Crippen MR) is 154 cm³/mol. The molecule has 0 N–H and O–H groups in total. The Morgan fingerprint density at radius 2 is 1.08 bits per heavy atom. The Labute approximate surface area is 221 Å². The molecule has 0 spiro atoms. The minimum Gasteiger partial charge on any atom is -0.399 e. The molecular weight excluding hydrogens is 453 g/mol. The second kappa shape index (κ2) is 8.34. The highest BCUT2D eigenvalue weighted by atomic mass is 16.7. The highest BCUT2D eigenvalue weighted by Crippen LogP contribution is 2.50. The van der Waals surface area contributed by atoms with Crippen molar-refractivity contribution in [2.75, 3.05) is 4.90 Å². The molecule has 3 nitrogen and oxygen atoms in total. The molecule has 2 aliphatic rings. The Kier molecular flexibility index (Phi) is 5.42. The molecule has 1 saturated heterocycles. The van der Waals surface area contributed by atoms with E-state index in [1.165, 1.54) is 22.3 Å². The van der Waals surface area contributed by atoms with E-state index < -0.39 is 0 Å². The van der Waals surface area contributed by atoms with Crippen LogP contribution in [0, 0.1) is 0 Å². The first-order valence-electron chi connectivity index (χ1n) is 13.1. The van der Waals surface area contributed by atoms with Crippen LogP contribution in [0.15, 0.2) is 97.1 Å². The number of fused-ring (bicyclic) bond motifs is 3. The number of para-hydroxylation sites is 1. The summed E-state index contributed by atoms with van der Waals surface area (Å²) in [5.74, 6) is 0. The van der Waals surface area contributed by atoms with Crippen LogP contribution in [0.25, 0.3) is 11.1 Å². The molecule has 4 aromatic carbocycles. The minimum absolute atomic E-state index is 0.00742. The molecule has 0 unspecified atom stereocenters. The maximum Gasteiger partial charge on any atom is 0.494 e. The van der Waals surface area contributed by atoms with Crippen molar-refractivity contribution in [3.8, 4) is 11.1 Å². The fourth-order valence-corrected chi connectivity index (χ4v) is 5.63. The van der Waals surface area contributed by atoms with Gasteiger partial charge in [-0.3, -0.25) is 0 Å². The first kappa shape index (κ1) is 24.0. The summed E-state index contributed by atoms with van der Waals surface area (Å²) in [5.41, 5.74) is 9.06. The van der Waals surface area contributed by atoms with Crippen molar-refractivity contribution < 1.29 is 9.31 Å². The highest BCUT2D eigenvalue weighted by molar-refractivity contribution is 6.62. The molecule has 1 aliphatic heterocycles. The van der Waals surface area contributed by atoms with E-state index in [0.29, 0.717) is 0 Å². The quantitative estimate of drug-likeness (QED) is 0.275. The summed E-state index contributed by atoms with van der Waals surface area (Å²) in [7, 11) is -0.372. The van der Waals surface area contributed by atoms with E-state index in [1.54, 1.807) is 0 Å². The molecule has 4 aromatic rings. The third kappa shape index (κ3) is 3.82. The average molecular weight is 487 g/mol. The van der Waals surface area contributed by atoms with Gasteiger partial charge in [0.15, 0.2) is 0 Å². The van der Waals surface area contributed by atoms with Crippen LogP contribution in [0.3, 0.4) is 0 Å². The Morgan fingerprint density at radius 3 is 1.76 bits per heavy atom. The average Bonchev–Trinajstić information content (AvgIpc) is 3.25. The summed E-state index contributed by atoms with van der Waals surface area (Å²) in [6, 6.07) is 34.8. The zero-order valence-corrected chi connectivity index (χ0v) is 22.6. The van der Waals surface area contributed by atoms with Gasteiger partial charge in [-0.1, -0.05) is 74.5 Å². The largest absolute Gasteiger partial charge is 0.494 e. The summed E-state index contributed by atoms with van der Waals surface area (Å²) < 4.78 is 12.6. The number of anilines is 3. The molecule has 0 bridgehead atoms. The van der Waals surface area contributed by atoms with Gasteiger partial charge in [-0.25, -0.2) is 0 Å². The van der Waals surface area contributed by atoms with Gasteiger partial charge in [0.25, 0.3) is 0 Å². The predicted octanol–water partition coefficient (Wildman–Crippen LogP) is 7.76. The lowest BCUT2D eigenvalue weighted by atomic mass is 9.79. The van der Waals surface area contributed by atoms with Crippen LogP contribution in [0.5, 0.6) is 0 Å². The Balaban J connectivity index is 1.41. The van der Waals surface area contributed by atoms with Crippen LogP contribution < -0.4 is 10.4 Å². The van der Waals surface area contributed by atoms with E-state index in [0.717, 1.165) is 22.5 Å².